The number of pyridine rings is 1. The van der Waals surface area contributed by atoms with Crippen LogP contribution in [-0.2, 0) is 0 Å². The Hall–Kier alpha value is -3.40. The van der Waals surface area contributed by atoms with Crippen LogP contribution < -0.4 is 10.6 Å². The van der Waals surface area contributed by atoms with Crippen LogP contribution in [0.2, 0.25) is 0 Å². The second-order valence-electron chi connectivity index (χ2n) is 7.21. The van der Waals surface area contributed by atoms with Crippen molar-refractivity contribution in [3.05, 3.63) is 48.9 Å². The summed E-state index contributed by atoms with van der Waals surface area (Å²) in [7, 11) is 0. The first-order valence-electron chi connectivity index (χ1n) is 10.8. The Labute approximate surface area is 184 Å². The van der Waals surface area contributed by atoms with E-state index in [0.29, 0.717) is 27.6 Å². The predicted molar refractivity (Wildman–Crippen MR) is 120 cm³/mol. The van der Waals surface area contributed by atoms with Crippen molar-refractivity contribution in [3.8, 4) is 22.6 Å². The van der Waals surface area contributed by atoms with Crippen molar-refractivity contribution in [2.24, 2.45) is 0 Å². The van der Waals surface area contributed by atoms with Crippen LogP contribution in [0.5, 0.6) is 0 Å². The van der Waals surface area contributed by atoms with Gasteiger partial charge >= 0.3 is 6.55 Å². The SMILES string of the molecule is CC.FC(F)n1cc(-c2ccc3ncc(-c4cccc(NC5CCCNC5)n4)n3n2)cn1. The van der Waals surface area contributed by atoms with E-state index in [4.69, 9.17) is 4.98 Å². The summed E-state index contributed by atoms with van der Waals surface area (Å²) >= 11 is 0. The van der Waals surface area contributed by atoms with Gasteiger partial charge in [0.2, 0.25) is 0 Å². The van der Waals surface area contributed by atoms with E-state index in [1.54, 1.807) is 22.8 Å². The molecule has 1 aliphatic heterocycles. The van der Waals surface area contributed by atoms with Crippen molar-refractivity contribution < 1.29 is 8.78 Å². The van der Waals surface area contributed by atoms with Crippen molar-refractivity contribution in [2.75, 3.05) is 18.4 Å². The topological polar surface area (TPSA) is 85.0 Å². The van der Waals surface area contributed by atoms with Crippen molar-refractivity contribution in [1.29, 1.82) is 0 Å². The van der Waals surface area contributed by atoms with E-state index in [1.165, 1.54) is 12.4 Å². The number of nitrogens with one attached hydrogen (secondary N) is 2. The molecule has 4 aromatic heterocycles. The summed E-state index contributed by atoms with van der Waals surface area (Å²) in [6.45, 7) is 3.28. The van der Waals surface area contributed by atoms with Crippen LogP contribution in [0.25, 0.3) is 28.3 Å². The van der Waals surface area contributed by atoms with E-state index in [-0.39, 0.29) is 0 Å². The van der Waals surface area contributed by atoms with Crippen LogP contribution in [0.4, 0.5) is 14.6 Å². The molecule has 5 heterocycles. The zero-order chi connectivity index (χ0) is 22.5. The fraction of sp³-hybridized carbons (Fsp3) is 0.364. The summed E-state index contributed by atoms with van der Waals surface area (Å²) in [5.41, 5.74) is 3.12. The number of alkyl halides is 2. The highest BCUT2D eigenvalue weighted by atomic mass is 19.3. The maximum Gasteiger partial charge on any atom is 0.333 e. The van der Waals surface area contributed by atoms with Gasteiger partial charge in [-0.25, -0.2) is 19.2 Å². The number of piperidine rings is 1. The molecule has 1 atom stereocenters. The van der Waals surface area contributed by atoms with E-state index in [1.807, 2.05) is 32.0 Å². The van der Waals surface area contributed by atoms with Gasteiger partial charge in [-0.3, -0.25) is 0 Å². The lowest BCUT2D eigenvalue weighted by atomic mass is 10.1. The van der Waals surface area contributed by atoms with Crippen LogP contribution in [0.15, 0.2) is 48.9 Å². The number of fused-ring (bicyclic) bond motifs is 1. The Kier molecular flexibility index (Phi) is 6.69. The minimum atomic E-state index is -2.69. The molecule has 1 aliphatic rings. The molecule has 0 spiro atoms. The van der Waals surface area contributed by atoms with Gasteiger partial charge in [-0.2, -0.15) is 19.0 Å². The maximum absolute atomic E-state index is 12.8. The lowest BCUT2D eigenvalue weighted by molar-refractivity contribution is 0.0566. The Morgan fingerprint density at radius 2 is 2.00 bits per heavy atom. The minimum absolute atomic E-state index is 0.347. The molecule has 1 saturated heterocycles. The molecular formula is C22H26F2N8. The fourth-order valence-corrected chi connectivity index (χ4v) is 3.62. The summed E-state index contributed by atoms with van der Waals surface area (Å²) in [6.07, 6.45) is 6.60. The zero-order valence-electron chi connectivity index (χ0n) is 18.0. The van der Waals surface area contributed by atoms with Crippen LogP contribution in [-0.4, -0.2) is 48.5 Å². The first-order chi connectivity index (χ1) is 15.7. The summed E-state index contributed by atoms with van der Waals surface area (Å²) in [6, 6.07) is 9.66. The quantitative estimate of drug-likeness (QED) is 0.483. The number of hydrogen-bond donors (Lipinski definition) is 2. The molecule has 4 aromatic rings. The van der Waals surface area contributed by atoms with Gasteiger partial charge in [0, 0.05) is 24.3 Å². The van der Waals surface area contributed by atoms with Crippen molar-refractivity contribution >= 4 is 11.5 Å². The molecular weight excluding hydrogens is 414 g/mol. The molecule has 0 radical (unpaired) electrons. The highest BCUT2D eigenvalue weighted by molar-refractivity contribution is 5.64. The van der Waals surface area contributed by atoms with Gasteiger partial charge in [-0.15, -0.1) is 0 Å². The molecule has 1 fully saturated rings. The summed E-state index contributed by atoms with van der Waals surface area (Å²) in [4.78, 5) is 9.13. The standard InChI is InChI=1S/C20H20F2N8.C2H6/c21-20(22)29-12-13(9-25-29)15-6-7-19-24-11-17(30(19)28-15)16-4-1-5-18(27-16)26-14-3-2-8-23-10-14;1-2/h1,4-7,9,11-12,14,20,23H,2-3,8,10H2,(H,26,27);1-2H3. The van der Waals surface area contributed by atoms with Crippen LogP contribution in [0, 0.1) is 0 Å². The number of rotatable bonds is 5. The van der Waals surface area contributed by atoms with E-state index < -0.39 is 6.55 Å². The molecule has 5 rings (SSSR count). The normalized spacial score (nSPS) is 16.1. The molecule has 0 aliphatic carbocycles. The van der Waals surface area contributed by atoms with Gasteiger partial charge in [-0.05, 0) is 43.7 Å². The zero-order valence-corrected chi connectivity index (χ0v) is 18.0. The van der Waals surface area contributed by atoms with Crippen LogP contribution in [0.1, 0.15) is 33.2 Å². The first kappa shape index (κ1) is 21.8. The second-order valence-corrected chi connectivity index (χ2v) is 7.21. The average molecular weight is 441 g/mol. The number of anilines is 1. The van der Waals surface area contributed by atoms with E-state index >= 15 is 0 Å². The highest BCUT2D eigenvalue weighted by Crippen LogP contribution is 2.24. The lowest BCUT2D eigenvalue weighted by Gasteiger charge is -2.24. The van der Waals surface area contributed by atoms with Gasteiger partial charge in [0.15, 0.2) is 5.65 Å². The number of halogens is 2. The van der Waals surface area contributed by atoms with Crippen molar-refractivity contribution in [3.63, 3.8) is 0 Å². The molecule has 8 nitrogen and oxygen atoms in total. The van der Waals surface area contributed by atoms with Gasteiger partial charge in [0.05, 0.1) is 23.8 Å². The first-order valence-corrected chi connectivity index (χ1v) is 10.8. The number of aromatic nitrogens is 6. The van der Waals surface area contributed by atoms with Crippen molar-refractivity contribution in [2.45, 2.75) is 39.3 Å². The smallest absolute Gasteiger partial charge is 0.333 e. The maximum atomic E-state index is 12.8. The fourth-order valence-electron chi connectivity index (χ4n) is 3.62. The number of nitrogens with zero attached hydrogens (tertiary/aromatic N) is 6. The number of imidazole rings is 1. The molecule has 168 valence electrons. The van der Waals surface area contributed by atoms with Gasteiger partial charge < -0.3 is 10.6 Å². The number of hydrogen-bond acceptors (Lipinski definition) is 6. The van der Waals surface area contributed by atoms with Crippen LogP contribution in [0.3, 0.4) is 0 Å². The van der Waals surface area contributed by atoms with Gasteiger partial charge in [0.1, 0.15) is 11.5 Å². The monoisotopic (exact) mass is 440 g/mol. The Balaban J connectivity index is 0.00000119. The lowest BCUT2D eigenvalue weighted by Crippen LogP contribution is -2.38. The third-order valence-electron chi connectivity index (χ3n) is 5.12. The Morgan fingerprint density at radius 1 is 1.12 bits per heavy atom. The Bertz CT molecular complexity index is 1160. The van der Waals surface area contributed by atoms with E-state index in [9.17, 15) is 8.78 Å². The molecule has 1 unspecified atom stereocenters. The Morgan fingerprint density at radius 3 is 2.75 bits per heavy atom. The highest BCUT2D eigenvalue weighted by Gasteiger charge is 2.15. The molecule has 0 aromatic carbocycles. The van der Waals surface area contributed by atoms with E-state index in [2.05, 4.69) is 25.8 Å². The predicted octanol–water partition coefficient (Wildman–Crippen LogP) is 4.24. The van der Waals surface area contributed by atoms with Gasteiger partial charge in [0.25, 0.3) is 0 Å². The molecule has 0 amide bonds. The summed E-state index contributed by atoms with van der Waals surface area (Å²) < 4.78 is 27.9. The molecule has 0 saturated carbocycles. The molecule has 10 heteroatoms. The largest absolute Gasteiger partial charge is 0.366 e. The van der Waals surface area contributed by atoms with Crippen LogP contribution >= 0.6 is 0 Å². The molecule has 32 heavy (non-hydrogen) atoms. The van der Waals surface area contributed by atoms with E-state index in [0.717, 1.165) is 43.1 Å². The van der Waals surface area contributed by atoms with Crippen molar-refractivity contribution in [1.82, 2.24) is 34.7 Å². The minimum Gasteiger partial charge on any atom is -0.366 e. The molecule has 2 N–H and O–H groups in total. The second kappa shape index (κ2) is 9.82. The molecule has 0 bridgehead atoms. The van der Waals surface area contributed by atoms with Gasteiger partial charge in [-0.1, -0.05) is 19.9 Å². The third-order valence-corrected chi connectivity index (χ3v) is 5.12. The summed E-state index contributed by atoms with van der Waals surface area (Å²) in [5, 5.41) is 15.1. The summed E-state index contributed by atoms with van der Waals surface area (Å²) in [5.74, 6) is 0.797. The average Bonchev–Trinajstić information content (AvgIpc) is 3.49. The third kappa shape index (κ3) is 4.59.